The fourth-order valence-electron chi connectivity index (χ4n) is 2.02. The Morgan fingerprint density at radius 3 is 2.78 bits per heavy atom. The van der Waals surface area contributed by atoms with Gasteiger partial charge in [-0.25, -0.2) is 0 Å². The zero-order valence-electron chi connectivity index (χ0n) is 10.4. The number of hydrogen-bond donors (Lipinski definition) is 3. The first-order chi connectivity index (χ1) is 8.51. The van der Waals surface area contributed by atoms with Crippen LogP contribution in [0.2, 0.25) is 0 Å². The molecule has 0 aromatic heterocycles. The van der Waals surface area contributed by atoms with Gasteiger partial charge in [-0.05, 0) is 6.42 Å². The Kier molecular flexibility index (Phi) is 5.08. The number of carboxylic acids is 1. The number of carboxylic acid groups (broad SMARTS) is 1. The molecule has 0 spiro atoms. The topological polar surface area (TPSA) is 113 Å². The molecule has 2 unspecified atom stereocenters. The molecule has 0 radical (unpaired) electrons. The second-order valence-electron chi connectivity index (χ2n) is 4.28. The van der Waals surface area contributed by atoms with Crippen LogP contribution < -0.4 is 11.1 Å². The second kappa shape index (κ2) is 6.34. The third-order valence-electron chi connectivity index (χ3n) is 3.11. The largest absolute Gasteiger partial charge is 0.481 e. The number of amides is 2. The predicted molar refractivity (Wildman–Crippen MR) is 63.6 cm³/mol. The van der Waals surface area contributed by atoms with E-state index in [1.807, 2.05) is 6.92 Å². The van der Waals surface area contributed by atoms with Crippen LogP contribution in [0.5, 0.6) is 0 Å². The number of carbonyl (C=O) groups is 3. The van der Waals surface area contributed by atoms with E-state index in [-0.39, 0.29) is 24.8 Å². The molecule has 2 atom stereocenters. The SMILES string of the molecule is CCC(CN)C(=O)N1CCNC(=O)C1CC(=O)O. The van der Waals surface area contributed by atoms with Gasteiger partial charge in [0.25, 0.3) is 0 Å². The van der Waals surface area contributed by atoms with Gasteiger partial charge in [-0.1, -0.05) is 6.92 Å². The molecule has 0 aliphatic carbocycles. The third-order valence-corrected chi connectivity index (χ3v) is 3.11. The second-order valence-corrected chi connectivity index (χ2v) is 4.28. The lowest BCUT2D eigenvalue weighted by molar-refractivity contribution is -0.150. The van der Waals surface area contributed by atoms with Crippen LogP contribution in [-0.2, 0) is 14.4 Å². The van der Waals surface area contributed by atoms with Crippen LogP contribution in [0.1, 0.15) is 19.8 Å². The van der Waals surface area contributed by atoms with Crippen molar-refractivity contribution in [3.63, 3.8) is 0 Å². The Labute approximate surface area is 105 Å². The normalized spacial score (nSPS) is 21.3. The van der Waals surface area contributed by atoms with Gasteiger partial charge in [0.2, 0.25) is 11.8 Å². The van der Waals surface area contributed by atoms with Crippen molar-refractivity contribution in [3.05, 3.63) is 0 Å². The number of aliphatic carboxylic acids is 1. The highest BCUT2D eigenvalue weighted by Crippen LogP contribution is 2.14. The first kappa shape index (κ1) is 14.4. The van der Waals surface area contributed by atoms with Gasteiger partial charge < -0.3 is 21.1 Å². The molecule has 1 saturated heterocycles. The summed E-state index contributed by atoms with van der Waals surface area (Å²) in [6.45, 7) is 2.72. The van der Waals surface area contributed by atoms with Gasteiger partial charge in [0.1, 0.15) is 6.04 Å². The zero-order chi connectivity index (χ0) is 13.7. The van der Waals surface area contributed by atoms with E-state index < -0.39 is 17.9 Å². The van der Waals surface area contributed by atoms with Crippen molar-refractivity contribution < 1.29 is 19.5 Å². The molecule has 102 valence electrons. The van der Waals surface area contributed by atoms with E-state index >= 15 is 0 Å². The summed E-state index contributed by atoms with van der Waals surface area (Å²) in [5.74, 6) is -2.10. The number of rotatable bonds is 5. The molecule has 1 aliphatic rings. The van der Waals surface area contributed by atoms with Crippen molar-refractivity contribution in [1.29, 1.82) is 0 Å². The molecule has 2 amide bonds. The van der Waals surface area contributed by atoms with Gasteiger partial charge in [-0.15, -0.1) is 0 Å². The van der Waals surface area contributed by atoms with Gasteiger partial charge in [-0.2, -0.15) is 0 Å². The summed E-state index contributed by atoms with van der Waals surface area (Å²) in [7, 11) is 0. The molecule has 0 aromatic carbocycles. The van der Waals surface area contributed by atoms with Gasteiger partial charge in [0, 0.05) is 19.6 Å². The number of piperazine rings is 1. The first-order valence-electron chi connectivity index (χ1n) is 6.01. The quantitative estimate of drug-likeness (QED) is 0.571. The lowest BCUT2D eigenvalue weighted by Crippen LogP contribution is -2.59. The van der Waals surface area contributed by atoms with E-state index in [0.717, 1.165) is 0 Å². The fraction of sp³-hybridized carbons (Fsp3) is 0.727. The molecule has 1 fully saturated rings. The number of hydrogen-bond acceptors (Lipinski definition) is 4. The predicted octanol–water partition coefficient (Wildman–Crippen LogP) is -1.23. The maximum atomic E-state index is 12.2. The minimum Gasteiger partial charge on any atom is -0.481 e. The maximum absolute atomic E-state index is 12.2. The van der Waals surface area contributed by atoms with E-state index in [4.69, 9.17) is 10.8 Å². The molecule has 0 bridgehead atoms. The highest BCUT2D eigenvalue weighted by molar-refractivity contribution is 5.92. The monoisotopic (exact) mass is 257 g/mol. The van der Waals surface area contributed by atoms with Gasteiger partial charge in [0.05, 0.1) is 12.3 Å². The summed E-state index contributed by atoms with van der Waals surface area (Å²) in [6, 6.07) is -0.927. The number of carbonyl (C=O) groups excluding carboxylic acids is 2. The molecule has 7 nitrogen and oxygen atoms in total. The maximum Gasteiger partial charge on any atom is 0.305 e. The molecule has 0 saturated carbocycles. The number of nitrogens with two attached hydrogens (primary N) is 1. The first-order valence-corrected chi connectivity index (χ1v) is 6.01. The zero-order valence-corrected chi connectivity index (χ0v) is 10.4. The molecule has 4 N–H and O–H groups in total. The summed E-state index contributed by atoms with van der Waals surface area (Å²) in [6.07, 6.45) is 0.200. The molecule has 1 rings (SSSR count). The van der Waals surface area contributed by atoms with Gasteiger partial charge in [-0.3, -0.25) is 14.4 Å². The van der Waals surface area contributed by atoms with Crippen LogP contribution in [0.25, 0.3) is 0 Å². The van der Waals surface area contributed by atoms with Crippen LogP contribution in [-0.4, -0.2) is 53.5 Å². The molecule has 7 heteroatoms. The Bertz CT molecular complexity index is 341. The van der Waals surface area contributed by atoms with Crippen molar-refractivity contribution in [1.82, 2.24) is 10.2 Å². The van der Waals surface area contributed by atoms with Crippen molar-refractivity contribution in [2.75, 3.05) is 19.6 Å². The summed E-state index contributed by atoms with van der Waals surface area (Å²) in [5, 5.41) is 11.4. The van der Waals surface area contributed by atoms with Crippen LogP contribution in [0.3, 0.4) is 0 Å². The third kappa shape index (κ3) is 3.19. The average molecular weight is 257 g/mol. The lowest BCUT2D eigenvalue weighted by atomic mass is 10.0. The van der Waals surface area contributed by atoms with Crippen LogP contribution in [0.15, 0.2) is 0 Å². The van der Waals surface area contributed by atoms with Gasteiger partial charge in [0.15, 0.2) is 0 Å². The Morgan fingerprint density at radius 2 is 2.28 bits per heavy atom. The van der Waals surface area contributed by atoms with E-state index in [1.165, 1.54) is 4.90 Å². The summed E-state index contributed by atoms with van der Waals surface area (Å²) >= 11 is 0. The number of nitrogens with one attached hydrogen (secondary N) is 1. The molecular weight excluding hydrogens is 238 g/mol. The van der Waals surface area contributed by atoms with Crippen molar-refractivity contribution in [2.45, 2.75) is 25.8 Å². The fourth-order valence-corrected chi connectivity index (χ4v) is 2.02. The van der Waals surface area contributed by atoms with E-state index in [1.54, 1.807) is 0 Å². The van der Waals surface area contributed by atoms with Crippen molar-refractivity contribution in [3.8, 4) is 0 Å². The summed E-state index contributed by atoms with van der Waals surface area (Å²) in [5.41, 5.74) is 5.51. The van der Waals surface area contributed by atoms with Gasteiger partial charge >= 0.3 is 5.97 Å². The van der Waals surface area contributed by atoms with E-state index in [2.05, 4.69) is 5.32 Å². The Morgan fingerprint density at radius 1 is 1.61 bits per heavy atom. The molecule has 0 aromatic rings. The Balaban J connectivity index is 2.84. The standard InChI is InChI=1S/C11H19N3O4/c1-2-7(6-12)11(18)14-4-3-13-10(17)8(14)5-9(15)16/h7-8H,2-6,12H2,1H3,(H,13,17)(H,15,16). The van der Waals surface area contributed by atoms with E-state index in [0.29, 0.717) is 19.5 Å². The van der Waals surface area contributed by atoms with E-state index in [9.17, 15) is 14.4 Å². The minimum absolute atomic E-state index is 0.202. The number of nitrogens with zero attached hydrogens (tertiary/aromatic N) is 1. The lowest BCUT2D eigenvalue weighted by Gasteiger charge is -2.36. The van der Waals surface area contributed by atoms with Crippen molar-refractivity contribution >= 4 is 17.8 Å². The molecule has 18 heavy (non-hydrogen) atoms. The van der Waals surface area contributed by atoms with Crippen LogP contribution in [0.4, 0.5) is 0 Å². The minimum atomic E-state index is -1.10. The highest BCUT2D eigenvalue weighted by Gasteiger charge is 2.36. The summed E-state index contributed by atoms with van der Waals surface area (Å²) in [4.78, 5) is 35.9. The molecule has 1 heterocycles. The Hall–Kier alpha value is -1.63. The molecular formula is C11H19N3O4. The van der Waals surface area contributed by atoms with Crippen molar-refractivity contribution in [2.24, 2.45) is 11.7 Å². The summed E-state index contributed by atoms with van der Waals surface area (Å²) < 4.78 is 0. The smallest absolute Gasteiger partial charge is 0.305 e. The van der Waals surface area contributed by atoms with Crippen LogP contribution >= 0.6 is 0 Å². The highest BCUT2D eigenvalue weighted by atomic mass is 16.4. The average Bonchev–Trinajstić information content (AvgIpc) is 2.32. The van der Waals surface area contributed by atoms with Crippen LogP contribution in [0, 0.1) is 5.92 Å². The molecule has 1 aliphatic heterocycles.